The summed E-state index contributed by atoms with van der Waals surface area (Å²) in [6.45, 7) is 0. The number of para-hydroxylation sites is 2. The van der Waals surface area contributed by atoms with E-state index in [0.717, 1.165) is 58.7 Å². The molecule has 2 heteroatoms. The summed E-state index contributed by atoms with van der Waals surface area (Å²) in [5, 5.41) is 5.85. The number of hydrogen-bond donors (Lipinski definition) is 0. The highest BCUT2D eigenvalue weighted by atomic mass is 32.1. The van der Waals surface area contributed by atoms with E-state index in [9.17, 15) is 0 Å². The molecule has 6 aromatic carbocycles. The van der Waals surface area contributed by atoms with Crippen molar-refractivity contribution in [2.24, 2.45) is 0 Å². The Hall–Kier alpha value is -4.40. The van der Waals surface area contributed by atoms with Crippen LogP contribution in [0.3, 0.4) is 0 Å². The second kappa shape index (κ2) is 7.55. The second-order valence-electron chi connectivity index (χ2n) is 9.05. The Morgan fingerprint density at radius 3 is 2.14 bits per heavy atom. The molecule has 2 aromatic heterocycles. The zero-order chi connectivity index (χ0) is 27.1. The van der Waals surface area contributed by atoms with Gasteiger partial charge in [-0.1, -0.05) is 97.0 Å². The monoisotopic (exact) mass is 479 g/mol. The SMILES string of the molecule is [2H]c1c([2H])c([2H])c2c(c1[2H])c1c3sc4ccc(-c5ccccc5)cc4c3c3ccccc3c1n2-c1ccccc1. The highest BCUT2D eigenvalue weighted by Crippen LogP contribution is 2.48. The summed E-state index contributed by atoms with van der Waals surface area (Å²) in [6.07, 6.45) is 0. The third-order valence-corrected chi connectivity index (χ3v) is 8.28. The van der Waals surface area contributed by atoms with Gasteiger partial charge in [0.15, 0.2) is 0 Å². The van der Waals surface area contributed by atoms with Crippen molar-refractivity contribution in [2.75, 3.05) is 0 Å². The molecule has 2 heterocycles. The third-order valence-electron chi connectivity index (χ3n) is 7.09. The van der Waals surface area contributed by atoms with Crippen molar-refractivity contribution < 1.29 is 5.48 Å². The van der Waals surface area contributed by atoms with Crippen molar-refractivity contribution in [3.63, 3.8) is 0 Å². The minimum atomic E-state index is -0.220. The van der Waals surface area contributed by atoms with Gasteiger partial charge in [0.05, 0.1) is 16.5 Å². The van der Waals surface area contributed by atoms with Crippen LogP contribution in [-0.2, 0) is 0 Å². The molecule has 0 N–H and O–H groups in total. The molecule has 8 rings (SSSR count). The number of fused-ring (bicyclic) bond motifs is 10. The van der Waals surface area contributed by atoms with Crippen LogP contribution in [0, 0.1) is 0 Å². The van der Waals surface area contributed by atoms with E-state index in [4.69, 9.17) is 5.48 Å². The first-order valence-corrected chi connectivity index (χ1v) is 12.8. The molecule has 8 aromatic rings. The Bertz CT molecular complexity index is 2300. The largest absolute Gasteiger partial charge is 0.309 e. The summed E-state index contributed by atoms with van der Waals surface area (Å²) in [6, 6.07) is 34.7. The van der Waals surface area contributed by atoms with Crippen LogP contribution < -0.4 is 0 Å². The van der Waals surface area contributed by atoms with Gasteiger partial charge in [0.1, 0.15) is 0 Å². The highest BCUT2D eigenvalue weighted by molar-refractivity contribution is 7.27. The zero-order valence-electron chi connectivity index (χ0n) is 23.2. The molecule has 36 heavy (non-hydrogen) atoms. The first kappa shape index (κ1) is 16.3. The smallest absolute Gasteiger partial charge is 0.0645 e. The van der Waals surface area contributed by atoms with Gasteiger partial charge in [0, 0.05) is 42.0 Å². The van der Waals surface area contributed by atoms with E-state index in [-0.39, 0.29) is 24.2 Å². The van der Waals surface area contributed by atoms with Gasteiger partial charge < -0.3 is 4.57 Å². The second-order valence-corrected chi connectivity index (χ2v) is 10.1. The van der Waals surface area contributed by atoms with E-state index in [2.05, 4.69) is 60.7 Å². The molecular formula is C34H21NS. The normalized spacial score (nSPS) is 13.4. The number of aromatic nitrogens is 1. The first-order chi connectivity index (χ1) is 19.5. The number of rotatable bonds is 2. The Morgan fingerprint density at radius 2 is 1.31 bits per heavy atom. The van der Waals surface area contributed by atoms with Gasteiger partial charge in [-0.25, -0.2) is 0 Å². The lowest BCUT2D eigenvalue weighted by Gasteiger charge is -2.11. The van der Waals surface area contributed by atoms with E-state index < -0.39 is 0 Å². The van der Waals surface area contributed by atoms with E-state index in [1.54, 1.807) is 11.3 Å². The van der Waals surface area contributed by atoms with Gasteiger partial charge in [-0.05, 0) is 46.8 Å². The van der Waals surface area contributed by atoms with E-state index >= 15 is 0 Å². The van der Waals surface area contributed by atoms with Crippen LogP contribution in [0.4, 0.5) is 0 Å². The molecule has 1 nitrogen and oxygen atoms in total. The molecule has 0 atom stereocenters. The summed E-state index contributed by atoms with van der Waals surface area (Å²) in [5.74, 6) is 0. The number of benzene rings is 6. The molecule has 0 aliphatic carbocycles. The number of hydrogen-bond acceptors (Lipinski definition) is 1. The quantitative estimate of drug-likeness (QED) is 0.232. The Morgan fingerprint density at radius 1 is 0.583 bits per heavy atom. The maximum absolute atomic E-state index is 9.05. The molecule has 0 aliphatic heterocycles. The van der Waals surface area contributed by atoms with Crippen LogP contribution in [0.2, 0.25) is 0 Å². The average Bonchev–Trinajstić information content (AvgIpc) is 3.57. The maximum atomic E-state index is 9.05. The maximum Gasteiger partial charge on any atom is 0.0645 e. The molecule has 0 fully saturated rings. The molecule has 0 aliphatic rings. The van der Waals surface area contributed by atoms with Gasteiger partial charge in [0.2, 0.25) is 0 Å². The van der Waals surface area contributed by atoms with Gasteiger partial charge in [-0.2, -0.15) is 0 Å². The van der Waals surface area contributed by atoms with Gasteiger partial charge in [0.25, 0.3) is 0 Å². The van der Waals surface area contributed by atoms with Crippen LogP contribution in [0.15, 0.2) is 127 Å². The van der Waals surface area contributed by atoms with Crippen LogP contribution >= 0.6 is 11.3 Å². The summed E-state index contributed by atoms with van der Waals surface area (Å²) < 4.78 is 39.3. The fourth-order valence-electron chi connectivity index (χ4n) is 5.57. The average molecular weight is 480 g/mol. The lowest BCUT2D eigenvalue weighted by atomic mass is 9.97. The predicted molar refractivity (Wildman–Crippen MR) is 157 cm³/mol. The van der Waals surface area contributed by atoms with Crippen molar-refractivity contribution in [1.29, 1.82) is 0 Å². The molecule has 0 radical (unpaired) electrons. The molecule has 0 saturated carbocycles. The highest BCUT2D eigenvalue weighted by Gasteiger charge is 2.21. The van der Waals surface area contributed by atoms with Crippen LogP contribution in [-0.4, -0.2) is 4.57 Å². The minimum Gasteiger partial charge on any atom is -0.309 e. The molecule has 0 unspecified atom stereocenters. The third kappa shape index (κ3) is 2.71. The van der Waals surface area contributed by atoms with Gasteiger partial charge in [-0.15, -0.1) is 11.3 Å². The summed E-state index contributed by atoms with van der Waals surface area (Å²) in [7, 11) is 0. The number of thiophene rings is 1. The fourth-order valence-corrected chi connectivity index (χ4v) is 6.82. The van der Waals surface area contributed by atoms with Crippen molar-refractivity contribution in [3.8, 4) is 16.8 Å². The molecule has 0 spiro atoms. The molecule has 0 bridgehead atoms. The lowest BCUT2D eigenvalue weighted by Crippen LogP contribution is -1.93. The standard InChI is InChI=1S/C34H21NS/c1-3-11-22(12-4-1)23-19-20-30-28(21-23)31-25-15-7-8-16-26(25)33-32(34(31)36-30)27-17-9-10-18-29(27)35(33)24-13-5-2-6-14-24/h1-21H/i9D,10D,17D,18D. The van der Waals surface area contributed by atoms with E-state index in [1.165, 1.54) is 0 Å². The summed E-state index contributed by atoms with van der Waals surface area (Å²) in [5.41, 5.74) is 4.58. The molecule has 0 saturated heterocycles. The molecule has 168 valence electrons. The zero-order valence-corrected chi connectivity index (χ0v) is 20.0. The minimum absolute atomic E-state index is 0.00491. The Labute approximate surface area is 218 Å². The van der Waals surface area contributed by atoms with Crippen LogP contribution in [0.5, 0.6) is 0 Å². The Balaban J connectivity index is 1.68. The van der Waals surface area contributed by atoms with Crippen molar-refractivity contribution in [3.05, 3.63) is 127 Å². The first-order valence-electron chi connectivity index (χ1n) is 14.0. The van der Waals surface area contributed by atoms with E-state index in [1.807, 2.05) is 47.0 Å². The van der Waals surface area contributed by atoms with Crippen molar-refractivity contribution in [2.45, 2.75) is 0 Å². The van der Waals surface area contributed by atoms with E-state index in [0.29, 0.717) is 10.9 Å². The van der Waals surface area contributed by atoms with Crippen LogP contribution in [0.25, 0.3) is 69.6 Å². The van der Waals surface area contributed by atoms with Crippen LogP contribution in [0.1, 0.15) is 5.48 Å². The fraction of sp³-hybridized carbons (Fsp3) is 0. The van der Waals surface area contributed by atoms with Crippen molar-refractivity contribution in [1.82, 2.24) is 4.57 Å². The predicted octanol–water partition coefficient (Wildman–Crippen LogP) is 9.97. The molecule has 0 amide bonds. The summed E-state index contributed by atoms with van der Waals surface area (Å²) >= 11 is 1.69. The topological polar surface area (TPSA) is 4.93 Å². The number of nitrogens with zero attached hydrogens (tertiary/aromatic N) is 1. The van der Waals surface area contributed by atoms with Crippen molar-refractivity contribution >= 4 is 64.1 Å². The lowest BCUT2D eigenvalue weighted by molar-refractivity contribution is 1.19. The van der Waals surface area contributed by atoms with Gasteiger partial charge in [-0.3, -0.25) is 0 Å². The molecular weight excluding hydrogens is 454 g/mol. The Kier molecular flexibility index (Phi) is 3.42. The summed E-state index contributed by atoms with van der Waals surface area (Å²) in [4.78, 5) is 0. The van der Waals surface area contributed by atoms with Gasteiger partial charge >= 0.3 is 0 Å².